The molecule has 0 fully saturated rings. The average molecular weight is 415 g/mol. The van der Waals surface area contributed by atoms with E-state index in [1.807, 2.05) is 36.9 Å². The molecule has 0 bridgehead atoms. The minimum Gasteiger partial charge on any atom is -0.326 e. The molecule has 0 aliphatic carbocycles. The first kappa shape index (κ1) is 20.3. The molecule has 8 heteroatoms. The molecule has 0 aliphatic rings. The Morgan fingerprint density at radius 3 is 2.57 bits per heavy atom. The predicted octanol–water partition coefficient (Wildman–Crippen LogP) is 4.04. The van der Waals surface area contributed by atoms with Crippen LogP contribution in [0, 0.1) is 5.92 Å². The van der Waals surface area contributed by atoms with Crippen molar-refractivity contribution in [2.75, 3.05) is 11.1 Å². The lowest BCUT2D eigenvalue weighted by atomic mass is 10.1. The van der Waals surface area contributed by atoms with Crippen LogP contribution in [0.5, 0.6) is 0 Å². The molecule has 0 saturated heterocycles. The van der Waals surface area contributed by atoms with Gasteiger partial charge in [-0.2, -0.15) is 0 Å². The lowest BCUT2D eigenvalue weighted by Crippen LogP contribution is -2.17. The van der Waals surface area contributed by atoms with E-state index in [2.05, 4.69) is 21.6 Å². The van der Waals surface area contributed by atoms with Gasteiger partial charge in [0.05, 0.1) is 5.75 Å². The molecule has 0 unspecified atom stereocenters. The van der Waals surface area contributed by atoms with Crippen LogP contribution in [-0.2, 0) is 18.3 Å². The first-order chi connectivity index (χ1) is 13.4. The zero-order valence-corrected chi connectivity index (χ0v) is 17.6. The average Bonchev–Trinajstić information content (AvgIpc) is 3.31. The van der Waals surface area contributed by atoms with Crippen LogP contribution in [0.25, 0.3) is 0 Å². The fourth-order valence-corrected chi connectivity index (χ4v) is 3.96. The molecule has 2 aromatic heterocycles. The largest absolute Gasteiger partial charge is 0.326 e. The number of carbonyl (C=O) groups excluding carboxylic acids is 2. The molecule has 1 aromatic carbocycles. The second-order valence-corrected chi connectivity index (χ2v) is 8.62. The van der Waals surface area contributed by atoms with Gasteiger partial charge in [-0.3, -0.25) is 9.59 Å². The number of nitrogens with zero attached hydrogens (tertiary/aromatic N) is 3. The first-order valence-corrected chi connectivity index (χ1v) is 10.8. The molecule has 0 atom stereocenters. The molecule has 146 valence electrons. The van der Waals surface area contributed by atoms with Gasteiger partial charge in [0.15, 0.2) is 10.9 Å². The lowest BCUT2D eigenvalue weighted by Gasteiger charge is -2.08. The van der Waals surface area contributed by atoms with Gasteiger partial charge >= 0.3 is 0 Å². The molecule has 28 heavy (non-hydrogen) atoms. The van der Waals surface area contributed by atoms with Gasteiger partial charge in [0.25, 0.3) is 0 Å². The van der Waals surface area contributed by atoms with Crippen LogP contribution < -0.4 is 5.32 Å². The summed E-state index contributed by atoms with van der Waals surface area (Å²) in [4.78, 5) is 25.4. The second kappa shape index (κ2) is 9.16. The van der Waals surface area contributed by atoms with E-state index < -0.39 is 0 Å². The van der Waals surface area contributed by atoms with Crippen LogP contribution >= 0.6 is 23.1 Å². The summed E-state index contributed by atoms with van der Waals surface area (Å²) in [6, 6.07) is 11.1. The summed E-state index contributed by atoms with van der Waals surface area (Å²) in [6.45, 7) is 3.67. The summed E-state index contributed by atoms with van der Waals surface area (Å²) in [7, 11) is 1.92. The summed E-state index contributed by atoms with van der Waals surface area (Å²) in [5.41, 5.74) is 1.30. The van der Waals surface area contributed by atoms with Gasteiger partial charge in [0.2, 0.25) is 5.91 Å². The van der Waals surface area contributed by atoms with E-state index in [1.165, 1.54) is 16.6 Å². The van der Waals surface area contributed by atoms with E-state index in [1.54, 1.807) is 35.6 Å². The summed E-state index contributed by atoms with van der Waals surface area (Å²) in [6.07, 6.45) is 0.735. The van der Waals surface area contributed by atoms with Crippen molar-refractivity contribution in [1.82, 2.24) is 14.8 Å². The number of hydrogen-bond acceptors (Lipinski definition) is 6. The SMILES string of the molecule is CC(C)C(=O)Nc1ccc(C(=O)CSc2nnc(Cc3cccs3)n2C)cc1. The third-order valence-corrected chi connectivity index (χ3v) is 6.07. The minimum atomic E-state index is -0.0891. The first-order valence-electron chi connectivity index (χ1n) is 8.91. The summed E-state index contributed by atoms with van der Waals surface area (Å²) in [5, 5.41) is 14.0. The van der Waals surface area contributed by atoms with E-state index >= 15 is 0 Å². The standard InChI is InChI=1S/C20H22N4O2S2/c1-13(2)19(26)21-15-8-6-14(7-9-15)17(25)12-28-20-23-22-18(24(20)3)11-16-5-4-10-27-16/h4-10,13H,11-12H2,1-3H3,(H,21,26). The number of thiophene rings is 1. The smallest absolute Gasteiger partial charge is 0.226 e. The molecule has 1 N–H and O–H groups in total. The number of ketones is 1. The summed E-state index contributed by atoms with van der Waals surface area (Å²) >= 11 is 3.06. The maximum Gasteiger partial charge on any atom is 0.226 e. The van der Waals surface area contributed by atoms with Gasteiger partial charge in [0, 0.05) is 35.5 Å². The highest BCUT2D eigenvalue weighted by Crippen LogP contribution is 2.21. The van der Waals surface area contributed by atoms with Crippen LogP contribution in [0.4, 0.5) is 5.69 Å². The highest BCUT2D eigenvalue weighted by molar-refractivity contribution is 7.99. The van der Waals surface area contributed by atoms with Gasteiger partial charge in [-0.05, 0) is 35.7 Å². The fourth-order valence-electron chi connectivity index (χ4n) is 2.43. The molecule has 0 spiro atoms. The topological polar surface area (TPSA) is 76.9 Å². The van der Waals surface area contributed by atoms with Crippen molar-refractivity contribution in [3.05, 3.63) is 58.0 Å². The maximum absolute atomic E-state index is 12.5. The number of rotatable bonds is 8. The van der Waals surface area contributed by atoms with Gasteiger partial charge in [-0.1, -0.05) is 31.7 Å². The number of carbonyl (C=O) groups is 2. The number of thioether (sulfide) groups is 1. The molecular weight excluding hydrogens is 392 g/mol. The Morgan fingerprint density at radius 2 is 1.93 bits per heavy atom. The second-order valence-electron chi connectivity index (χ2n) is 6.65. The highest BCUT2D eigenvalue weighted by Gasteiger charge is 2.14. The molecule has 0 aliphatic heterocycles. The van der Waals surface area contributed by atoms with Gasteiger partial charge in [-0.15, -0.1) is 21.5 Å². The fraction of sp³-hybridized carbons (Fsp3) is 0.300. The number of benzene rings is 1. The molecule has 0 saturated carbocycles. The van der Waals surface area contributed by atoms with Crippen molar-refractivity contribution < 1.29 is 9.59 Å². The van der Waals surface area contributed by atoms with Crippen molar-refractivity contribution in [1.29, 1.82) is 0 Å². The van der Waals surface area contributed by atoms with E-state index in [0.717, 1.165) is 17.4 Å². The number of amides is 1. The monoisotopic (exact) mass is 414 g/mol. The Bertz CT molecular complexity index is 947. The predicted molar refractivity (Wildman–Crippen MR) is 113 cm³/mol. The zero-order chi connectivity index (χ0) is 20.1. The van der Waals surface area contributed by atoms with Crippen molar-refractivity contribution in [2.24, 2.45) is 13.0 Å². The third kappa shape index (κ3) is 5.08. The van der Waals surface area contributed by atoms with Crippen LogP contribution in [0.1, 0.15) is 34.9 Å². The van der Waals surface area contributed by atoms with Gasteiger partial charge < -0.3 is 9.88 Å². The Balaban J connectivity index is 1.57. The Labute approximate surface area is 172 Å². The molecule has 3 rings (SSSR count). The van der Waals surface area contributed by atoms with Crippen molar-refractivity contribution >= 4 is 40.5 Å². The van der Waals surface area contributed by atoms with Crippen molar-refractivity contribution in [3.8, 4) is 0 Å². The zero-order valence-electron chi connectivity index (χ0n) is 16.0. The number of anilines is 1. The van der Waals surface area contributed by atoms with Crippen LogP contribution in [0.3, 0.4) is 0 Å². The van der Waals surface area contributed by atoms with Crippen LogP contribution in [0.2, 0.25) is 0 Å². The lowest BCUT2D eigenvalue weighted by molar-refractivity contribution is -0.118. The normalized spacial score (nSPS) is 11.0. The highest BCUT2D eigenvalue weighted by atomic mass is 32.2. The number of hydrogen-bond donors (Lipinski definition) is 1. The van der Waals surface area contributed by atoms with E-state index in [0.29, 0.717) is 11.3 Å². The van der Waals surface area contributed by atoms with Gasteiger partial charge in [-0.25, -0.2) is 0 Å². The Kier molecular flexibility index (Phi) is 6.64. The van der Waals surface area contributed by atoms with Crippen LogP contribution in [-0.4, -0.2) is 32.2 Å². The molecule has 3 aromatic rings. The molecule has 1 amide bonds. The number of nitrogens with one attached hydrogen (secondary N) is 1. The molecular formula is C20H22N4O2S2. The van der Waals surface area contributed by atoms with Gasteiger partial charge in [0.1, 0.15) is 5.82 Å². The molecule has 6 nitrogen and oxygen atoms in total. The van der Waals surface area contributed by atoms with E-state index in [4.69, 9.17) is 0 Å². The maximum atomic E-state index is 12.5. The molecule has 2 heterocycles. The van der Waals surface area contributed by atoms with E-state index in [-0.39, 0.29) is 23.4 Å². The number of aromatic nitrogens is 3. The Hall–Kier alpha value is -2.45. The van der Waals surface area contributed by atoms with E-state index in [9.17, 15) is 9.59 Å². The number of Topliss-reactive ketones (excluding diaryl/α,β-unsaturated/α-hetero) is 1. The minimum absolute atomic E-state index is 0.00884. The third-order valence-electron chi connectivity index (χ3n) is 4.17. The summed E-state index contributed by atoms with van der Waals surface area (Å²) < 4.78 is 1.93. The van der Waals surface area contributed by atoms with Crippen LogP contribution in [0.15, 0.2) is 46.9 Å². The van der Waals surface area contributed by atoms with Crippen molar-refractivity contribution in [2.45, 2.75) is 25.4 Å². The molecule has 0 radical (unpaired) electrons. The summed E-state index contributed by atoms with van der Waals surface area (Å²) in [5.74, 6) is 1.03. The van der Waals surface area contributed by atoms with Crippen molar-refractivity contribution in [3.63, 3.8) is 0 Å². The quantitative estimate of drug-likeness (QED) is 0.445. The Morgan fingerprint density at radius 1 is 1.18 bits per heavy atom.